The van der Waals surface area contributed by atoms with E-state index in [-0.39, 0.29) is 18.8 Å². The molecule has 7 nitrogen and oxygen atoms in total. The first-order chi connectivity index (χ1) is 10.5. The number of hydrogen-bond donors (Lipinski definition) is 1. The third-order valence-electron chi connectivity index (χ3n) is 2.72. The van der Waals surface area contributed by atoms with Crippen LogP contribution >= 0.6 is 11.8 Å². The van der Waals surface area contributed by atoms with E-state index in [1.165, 1.54) is 13.3 Å². The molecule has 0 saturated carbocycles. The van der Waals surface area contributed by atoms with Crippen LogP contribution in [0.1, 0.15) is 20.8 Å². The first-order valence-electron chi connectivity index (χ1n) is 6.72. The maximum absolute atomic E-state index is 12.1. The zero-order valence-electron chi connectivity index (χ0n) is 12.9. The fourth-order valence-corrected chi connectivity index (χ4v) is 2.73. The Labute approximate surface area is 133 Å². The summed E-state index contributed by atoms with van der Waals surface area (Å²) in [5.41, 5.74) is 0.452. The van der Waals surface area contributed by atoms with Gasteiger partial charge in [-0.05, 0) is 20.8 Å². The van der Waals surface area contributed by atoms with Crippen LogP contribution in [0.2, 0.25) is 0 Å². The summed E-state index contributed by atoms with van der Waals surface area (Å²) in [6, 6.07) is 0. The monoisotopic (exact) mass is 329 g/mol. The summed E-state index contributed by atoms with van der Waals surface area (Å²) < 4.78 is 14.6. The number of hydrogen-bond acceptors (Lipinski definition) is 8. The SMILES string of the molecule is CCOC(=O)C1=CN/C(=C(\C)C(=O)OC)S[C@H]1C(=O)OCC. The van der Waals surface area contributed by atoms with Gasteiger partial charge in [-0.15, -0.1) is 0 Å². The lowest BCUT2D eigenvalue weighted by Gasteiger charge is -2.24. The van der Waals surface area contributed by atoms with E-state index >= 15 is 0 Å². The van der Waals surface area contributed by atoms with Gasteiger partial charge in [0.15, 0.2) is 0 Å². The second kappa shape index (κ2) is 8.47. The smallest absolute Gasteiger partial charge is 0.337 e. The molecule has 0 spiro atoms. The molecule has 22 heavy (non-hydrogen) atoms. The number of esters is 3. The van der Waals surface area contributed by atoms with E-state index in [1.807, 2.05) is 0 Å². The topological polar surface area (TPSA) is 90.9 Å². The van der Waals surface area contributed by atoms with Gasteiger partial charge in [0.2, 0.25) is 0 Å². The van der Waals surface area contributed by atoms with Gasteiger partial charge in [-0.25, -0.2) is 9.59 Å². The van der Waals surface area contributed by atoms with Gasteiger partial charge in [-0.3, -0.25) is 4.79 Å². The molecule has 0 bridgehead atoms. The molecule has 0 fully saturated rings. The second-order valence-electron chi connectivity index (χ2n) is 4.16. The zero-order valence-corrected chi connectivity index (χ0v) is 13.7. The van der Waals surface area contributed by atoms with E-state index in [1.54, 1.807) is 20.8 Å². The van der Waals surface area contributed by atoms with Crippen molar-refractivity contribution in [2.24, 2.45) is 0 Å². The van der Waals surface area contributed by atoms with Crippen molar-refractivity contribution >= 4 is 29.7 Å². The van der Waals surface area contributed by atoms with E-state index in [2.05, 4.69) is 10.1 Å². The highest BCUT2D eigenvalue weighted by molar-refractivity contribution is 8.04. The molecule has 1 aliphatic heterocycles. The highest BCUT2D eigenvalue weighted by atomic mass is 32.2. The molecule has 8 heteroatoms. The minimum absolute atomic E-state index is 0.145. The molecule has 1 heterocycles. The first kappa shape index (κ1) is 18.1. The predicted molar refractivity (Wildman–Crippen MR) is 80.6 cm³/mol. The minimum atomic E-state index is -0.894. The summed E-state index contributed by atoms with van der Waals surface area (Å²) in [5.74, 6) is -1.69. The number of nitrogens with one attached hydrogen (secondary N) is 1. The fraction of sp³-hybridized carbons (Fsp3) is 0.500. The van der Waals surface area contributed by atoms with Gasteiger partial charge in [0.25, 0.3) is 0 Å². The molecule has 0 saturated heterocycles. The van der Waals surface area contributed by atoms with Crippen molar-refractivity contribution in [1.29, 1.82) is 0 Å². The largest absolute Gasteiger partial charge is 0.466 e. The van der Waals surface area contributed by atoms with Crippen molar-refractivity contribution in [2.45, 2.75) is 26.0 Å². The average Bonchev–Trinajstić information content (AvgIpc) is 2.53. The minimum Gasteiger partial charge on any atom is -0.466 e. The Morgan fingerprint density at radius 2 is 1.86 bits per heavy atom. The van der Waals surface area contributed by atoms with Gasteiger partial charge >= 0.3 is 17.9 Å². The van der Waals surface area contributed by atoms with Crippen LogP contribution in [0, 0.1) is 0 Å². The van der Waals surface area contributed by atoms with Gasteiger partial charge in [-0.1, -0.05) is 11.8 Å². The number of carbonyl (C=O) groups excluding carboxylic acids is 3. The Balaban J connectivity index is 3.12. The molecular weight excluding hydrogens is 310 g/mol. The third-order valence-corrected chi connectivity index (χ3v) is 4.06. The standard InChI is InChI=1S/C14H19NO6S/c1-5-20-13(17)9-7-15-11(8(3)12(16)19-4)22-10(9)14(18)21-6-2/h7,10,15H,5-6H2,1-4H3/b11-8-/t10-/m1/s1. The molecule has 1 N–H and O–H groups in total. The number of rotatable bonds is 5. The van der Waals surface area contributed by atoms with Crippen LogP contribution in [0.15, 0.2) is 22.4 Å². The molecule has 0 aromatic heterocycles. The van der Waals surface area contributed by atoms with Crippen LogP contribution in [0.5, 0.6) is 0 Å². The predicted octanol–water partition coefficient (Wildman–Crippen LogP) is 1.11. The summed E-state index contributed by atoms with van der Waals surface area (Å²) in [6.07, 6.45) is 1.36. The van der Waals surface area contributed by atoms with E-state index in [0.717, 1.165) is 11.8 Å². The molecule has 0 aromatic carbocycles. The molecule has 122 valence electrons. The normalized spacial score (nSPS) is 19.5. The highest BCUT2D eigenvalue weighted by Crippen LogP contribution is 2.33. The van der Waals surface area contributed by atoms with Crippen LogP contribution in [0.25, 0.3) is 0 Å². The van der Waals surface area contributed by atoms with Crippen molar-refractivity contribution in [3.63, 3.8) is 0 Å². The Hall–Kier alpha value is -1.96. The maximum atomic E-state index is 12.1. The van der Waals surface area contributed by atoms with Crippen molar-refractivity contribution in [3.05, 3.63) is 22.4 Å². The molecule has 1 atom stereocenters. The third kappa shape index (κ3) is 4.27. The Bertz CT molecular complexity index is 525. The van der Waals surface area contributed by atoms with Crippen molar-refractivity contribution in [2.75, 3.05) is 20.3 Å². The quantitative estimate of drug-likeness (QED) is 0.456. The molecule has 0 amide bonds. The van der Waals surface area contributed by atoms with E-state index in [4.69, 9.17) is 9.47 Å². The lowest BCUT2D eigenvalue weighted by Crippen LogP contribution is -2.33. The van der Waals surface area contributed by atoms with Crippen molar-refractivity contribution in [3.8, 4) is 0 Å². The number of carbonyl (C=O) groups is 3. The molecule has 0 aromatic rings. The van der Waals surface area contributed by atoms with E-state index < -0.39 is 23.2 Å². The van der Waals surface area contributed by atoms with Gasteiger partial charge in [0, 0.05) is 6.20 Å². The van der Waals surface area contributed by atoms with Gasteiger partial charge in [0.1, 0.15) is 5.25 Å². The van der Waals surface area contributed by atoms with E-state index in [0.29, 0.717) is 10.6 Å². The van der Waals surface area contributed by atoms with Crippen LogP contribution in [0.3, 0.4) is 0 Å². The van der Waals surface area contributed by atoms with Gasteiger partial charge in [0.05, 0.1) is 36.5 Å². The second-order valence-corrected chi connectivity index (χ2v) is 5.28. The van der Waals surface area contributed by atoms with Crippen molar-refractivity contribution in [1.82, 2.24) is 5.32 Å². The first-order valence-corrected chi connectivity index (χ1v) is 7.60. The van der Waals surface area contributed by atoms with Crippen LogP contribution < -0.4 is 5.32 Å². The Morgan fingerprint density at radius 3 is 2.41 bits per heavy atom. The summed E-state index contributed by atoms with van der Waals surface area (Å²) in [7, 11) is 1.27. The van der Waals surface area contributed by atoms with Gasteiger partial charge < -0.3 is 19.5 Å². The highest BCUT2D eigenvalue weighted by Gasteiger charge is 2.35. The van der Waals surface area contributed by atoms with Crippen LogP contribution in [-0.4, -0.2) is 43.5 Å². The summed E-state index contributed by atoms with van der Waals surface area (Å²) in [6.45, 7) is 5.29. The fourth-order valence-electron chi connectivity index (χ4n) is 1.65. The number of thioether (sulfide) groups is 1. The van der Waals surface area contributed by atoms with E-state index in [9.17, 15) is 14.4 Å². The molecule has 0 aliphatic carbocycles. The lowest BCUT2D eigenvalue weighted by molar-refractivity contribution is -0.145. The molecule has 1 aliphatic rings. The summed E-state index contributed by atoms with van der Waals surface area (Å²) >= 11 is 1.02. The van der Waals surface area contributed by atoms with Crippen LogP contribution in [0.4, 0.5) is 0 Å². The molecular formula is C14H19NO6S. The average molecular weight is 329 g/mol. The number of methoxy groups -OCH3 is 1. The molecule has 0 unspecified atom stereocenters. The Kier molecular flexibility index (Phi) is 6.97. The summed E-state index contributed by atoms with van der Waals surface area (Å²) in [4.78, 5) is 35.6. The Morgan fingerprint density at radius 1 is 1.23 bits per heavy atom. The number of ether oxygens (including phenoxy) is 3. The summed E-state index contributed by atoms with van der Waals surface area (Å²) in [5, 5.41) is 2.36. The maximum Gasteiger partial charge on any atom is 0.337 e. The lowest BCUT2D eigenvalue weighted by atomic mass is 10.2. The van der Waals surface area contributed by atoms with Crippen LogP contribution in [-0.2, 0) is 28.6 Å². The molecule has 0 radical (unpaired) electrons. The van der Waals surface area contributed by atoms with Crippen molar-refractivity contribution < 1.29 is 28.6 Å². The zero-order chi connectivity index (χ0) is 16.7. The van der Waals surface area contributed by atoms with Gasteiger partial charge in [-0.2, -0.15) is 0 Å². The molecule has 1 rings (SSSR count).